The number of methoxy groups -OCH3 is 2. The second kappa shape index (κ2) is 5.52. The molecule has 11 heavy (non-hydrogen) atoms. The third kappa shape index (κ3) is 3.18. The van der Waals surface area contributed by atoms with Crippen LogP contribution in [0.4, 0.5) is 0 Å². The lowest BCUT2D eigenvalue weighted by Gasteiger charge is -2.31. The van der Waals surface area contributed by atoms with E-state index in [1.165, 1.54) is 0 Å². The fourth-order valence-corrected chi connectivity index (χ4v) is 1.08. The lowest BCUT2D eigenvalue weighted by atomic mass is 10.4. The summed E-state index contributed by atoms with van der Waals surface area (Å²) in [5.41, 5.74) is 0. The van der Waals surface area contributed by atoms with Gasteiger partial charge in [0.05, 0.1) is 0 Å². The first-order valence-electron chi connectivity index (χ1n) is 3.98. The van der Waals surface area contributed by atoms with Crippen molar-refractivity contribution in [1.29, 1.82) is 0 Å². The summed E-state index contributed by atoms with van der Waals surface area (Å²) in [6.45, 7) is 7.05. The molecule has 2 atom stereocenters. The Bertz CT molecular complexity index is 88.1. The van der Waals surface area contributed by atoms with Crippen LogP contribution in [0.2, 0.25) is 0 Å². The van der Waals surface area contributed by atoms with E-state index < -0.39 is 0 Å². The summed E-state index contributed by atoms with van der Waals surface area (Å²) in [6, 6.07) is 0. The Hall–Kier alpha value is -0.120. The molecule has 0 aliphatic carbocycles. The topological polar surface area (TPSA) is 21.7 Å². The number of nitrogens with zero attached hydrogens (tertiary/aromatic N) is 1. The maximum Gasteiger partial charge on any atom is 0.109 e. The van der Waals surface area contributed by atoms with E-state index >= 15 is 0 Å². The quantitative estimate of drug-likeness (QED) is 0.567. The first-order valence-corrected chi connectivity index (χ1v) is 3.98. The standard InChI is InChI=1S/C8H19NO2/c1-6-9(7(2)10-4)8(3)11-5/h7-8H,6H2,1-5H3. The zero-order valence-corrected chi connectivity index (χ0v) is 8.13. The van der Waals surface area contributed by atoms with E-state index in [2.05, 4.69) is 11.8 Å². The largest absolute Gasteiger partial charge is 0.367 e. The molecule has 0 aromatic heterocycles. The normalized spacial score (nSPS) is 16.9. The highest BCUT2D eigenvalue weighted by molar-refractivity contribution is 4.57. The van der Waals surface area contributed by atoms with Crippen molar-refractivity contribution in [2.24, 2.45) is 0 Å². The van der Waals surface area contributed by atoms with Crippen LogP contribution in [0.15, 0.2) is 0 Å². The molecule has 0 bridgehead atoms. The van der Waals surface area contributed by atoms with E-state index in [1.54, 1.807) is 14.2 Å². The Morgan fingerprint density at radius 2 is 1.45 bits per heavy atom. The van der Waals surface area contributed by atoms with Crippen molar-refractivity contribution in [2.45, 2.75) is 33.2 Å². The van der Waals surface area contributed by atoms with Crippen molar-refractivity contribution in [3.05, 3.63) is 0 Å². The molecular weight excluding hydrogens is 142 g/mol. The zero-order valence-electron chi connectivity index (χ0n) is 8.13. The summed E-state index contributed by atoms with van der Waals surface area (Å²) in [5.74, 6) is 0. The minimum atomic E-state index is 0.120. The summed E-state index contributed by atoms with van der Waals surface area (Å²) >= 11 is 0. The van der Waals surface area contributed by atoms with Crippen molar-refractivity contribution in [2.75, 3.05) is 20.8 Å². The van der Waals surface area contributed by atoms with Gasteiger partial charge in [0.2, 0.25) is 0 Å². The van der Waals surface area contributed by atoms with Gasteiger partial charge < -0.3 is 9.47 Å². The molecule has 0 heterocycles. The molecule has 0 fully saturated rings. The SMILES string of the molecule is CCN(C(C)OC)C(C)OC. The van der Waals surface area contributed by atoms with Gasteiger partial charge in [-0.1, -0.05) is 6.92 Å². The van der Waals surface area contributed by atoms with Crippen molar-refractivity contribution in [3.63, 3.8) is 0 Å². The van der Waals surface area contributed by atoms with E-state index in [-0.39, 0.29) is 12.5 Å². The molecular formula is C8H19NO2. The predicted octanol–water partition coefficient (Wildman–Crippen LogP) is 1.29. The fourth-order valence-electron chi connectivity index (χ4n) is 1.08. The summed E-state index contributed by atoms with van der Waals surface area (Å²) in [6.07, 6.45) is 0.241. The zero-order chi connectivity index (χ0) is 8.85. The molecule has 0 saturated carbocycles. The summed E-state index contributed by atoms with van der Waals surface area (Å²) in [4.78, 5) is 2.12. The predicted molar refractivity (Wildman–Crippen MR) is 45.3 cm³/mol. The van der Waals surface area contributed by atoms with Crippen LogP contribution in [-0.4, -0.2) is 38.1 Å². The van der Waals surface area contributed by atoms with Gasteiger partial charge in [0, 0.05) is 20.8 Å². The van der Waals surface area contributed by atoms with E-state index in [9.17, 15) is 0 Å². The first kappa shape index (κ1) is 10.9. The van der Waals surface area contributed by atoms with Gasteiger partial charge in [-0.15, -0.1) is 0 Å². The molecule has 3 heteroatoms. The molecule has 0 rings (SSSR count). The molecule has 3 nitrogen and oxygen atoms in total. The maximum absolute atomic E-state index is 5.17. The minimum absolute atomic E-state index is 0.120. The molecule has 0 radical (unpaired) electrons. The molecule has 0 aliphatic heterocycles. The van der Waals surface area contributed by atoms with Gasteiger partial charge in [-0.25, -0.2) is 0 Å². The van der Waals surface area contributed by atoms with Crippen molar-refractivity contribution in [1.82, 2.24) is 4.90 Å². The molecule has 68 valence electrons. The van der Waals surface area contributed by atoms with E-state index in [0.717, 1.165) is 6.54 Å². The maximum atomic E-state index is 5.17. The van der Waals surface area contributed by atoms with Gasteiger partial charge >= 0.3 is 0 Å². The van der Waals surface area contributed by atoms with Crippen molar-refractivity contribution in [3.8, 4) is 0 Å². The Kier molecular flexibility index (Phi) is 5.46. The van der Waals surface area contributed by atoms with Crippen LogP contribution in [0.25, 0.3) is 0 Å². The second-order valence-electron chi connectivity index (χ2n) is 2.50. The Balaban J connectivity index is 3.92. The average Bonchev–Trinajstić information content (AvgIpc) is 2.05. The molecule has 0 amide bonds. The van der Waals surface area contributed by atoms with Crippen molar-refractivity contribution < 1.29 is 9.47 Å². The monoisotopic (exact) mass is 161 g/mol. The number of ether oxygens (including phenoxy) is 2. The smallest absolute Gasteiger partial charge is 0.109 e. The fraction of sp³-hybridized carbons (Fsp3) is 1.00. The molecule has 0 aromatic rings. The van der Waals surface area contributed by atoms with Crippen molar-refractivity contribution >= 4 is 0 Å². The van der Waals surface area contributed by atoms with Gasteiger partial charge in [0.1, 0.15) is 12.5 Å². The van der Waals surface area contributed by atoms with Crippen LogP contribution >= 0.6 is 0 Å². The lowest BCUT2D eigenvalue weighted by Crippen LogP contribution is -2.41. The van der Waals surface area contributed by atoms with Crippen LogP contribution < -0.4 is 0 Å². The van der Waals surface area contributed by atoms with Gasteiger partial charge in [-0.05, 0) is 13.8 Å². The number of hydrogen-bond acceptors (Lipinski definition) is 3. The van der Waals surface area contributed by atoms with Crippen LogP contribution in [0.5, 0.6) is 0 Å². The molecule has 0 aliphatic rings. The average molecular weight is 161 g/mol. The Labute approximate surface area is 69.3 Å². The van der Waals surface area contributed by atoms with Gasteiger partial charge in [-0.3, -0.25) is 4.90 Å². The molecule has 2 unspecified atom stereocenters. The van der Waals surface area contributed by atoms with Gasteiger partial charge in [-0.2, -0.15) is 0 Å². The first-order chi connectivity index (χ1) is 5.17. The molecule has 0 N–H and O–H groups in total. The third-order valence-corrected chi connectivity index (χ3v) is 1.98. The highest BCUT2D eigenvalue weighted by Crippen LogP contribution is 2.05. The second-order valence-corrected chi connectivity index (χ2v) is 2.50. The lowest BCUT2D eigenvalue weighted by molar-refractivity contribution is -0.114. The number of rotatable bonds is 5. The third-order valence-electron chi connectivity index (χ3n) is 1.98. The van der Waals surface area contributed by atoms with E-state index in [1.807, 2.05) is 13.8 Å². The summed E-state index contributed by atoms with van der Waals surface area (Å²) < 4.78 is 10.3. The summed E-state index contributed by atoms with van der Waals surface area (Å²) in [7, 11) is 3.41. The minimum Gasteiger partial charge on any atom is -0.367 e. The van der Waals surface area contributed by atoms with Crippen LogP contribution in [0, 0.1) is 0 Å². The van der Waals surface area contributed by atoms with Gasteiger partial charge in [0.15, 0.2) is 0 Å². The van der Waals surface area contributed by atoms with Gasteiger partial charge in [0.25, 0.3) is 0 Å². The Morgan fingerprint density at radius 3 is 1.64 bits per heavy atom. The van der Waals surface area contributed by atoms with E-state index in [0.29, 0.717) is 0 Å². The van der Waals surface area contributed by atoms with E-state index in [4.69, 9.17) is 9.47 Å². The summed E-state index contributed by atoms with van der Waals surface area (Å²) in [5, 5.41) is 0. The Morgan fingerprint density at radius 1 is 1.09 bits per heavy atom. The highest BCUT2D eigenvalue weighted by Gasteiger charge is 2.16. The molecule has 0 spiro atoms. The van der Waals surface area contributed by atoms with Crippen LogP contribution in [0.3, 0.4) is 0 Å². The number of hydrogen-bond donors (Lipinski definition) is 0. The van der Waals surface area contributed by atoms with Crippen LogP contribution in [0.1, 0.15) is 20.8 Å². The highest BCUT2D eigenvalue weighted by atomic mass is 16.5. The van der Waals surface area contributed by atoms with Crippen LogP contribution in [-0.2, 0) is 9.47 Å². The molecule has 0 saturated heterocycles. The molecule has 0 aromatic carbocycles.